The largest absolute Gasteiger partial charge is 0.465 e. The van der Waals surface area contributed by atoms with Crippen LogP contribution in [0.25, 0.3) is 0 Å². The van der Waals surface area contributed by atoms with E-state index in [9.17, 15) is 9.59 Å². The predicted octanol–water partition coefficient (Wildman–Crippen LogP) is 1.17. The average Bonchev–Trinajstić information content (AvgIpc) is 2.69. The highest BCUT2D eigenvalue weighted by Gasteiger charge is 2.18. The lowest BCUT2D eigenvalue weighted by Gasteiger charge is -2.11. The first kappa shape index (κ1) is 14.4. The molecule has 0 radical (unpaired) electrons. The van der Waals surface area contributed by atoms with Crippen molar-refractivity contribution in [3.8, 4) is 0 Å². The van der Waals surface area contributed by atoms with Crippen molar-refractivity contribution in [3.05, 3.63) is 10.6 Å². The number of anilines is 1. The van der Waals surface area contributed by atoms with E-state index >= 15 is 0 Å². The number of amides is 1. The molecule has 0 saturated heterocycles. The van der Waals surface area contributed by atoms with Crippen LogP contribution in [0.2, 0.25) is 0 Å². The number of nitrogens with zero attached hydrogens (tertiary/aromatic N) is 1. The van der Waals surface area contributed by atoms with Crippen LogP contribution in [0.4, 0.5) is 5.13 Å². The zero-order chi connectivity index (χ0) is 13.7. The molecule has 1 rings (SSSR count). The molecule has 0 aromatic carbocycles. The summed E-state index contributed by atoms with van der Waals surface area (Å²) < 4.78 is 4.65. The molecule has 1 aromatic rings. The molecule has 1 amide bonds. The van der Waals surface area contributed by atoms with Gasteiger partial charge < -0.3 is 15.4 Å². The average molecular weight is 271 g/mol. The van der Waals surface area contributed by atoms with Gasteiger partial charge in [-0.1, -0.05) is 11.3 Å². The third kappa shape index (κ3) is 3.43. The fourth-order valence-corrected chi connectivity index (χ4v) is 2.29. The molecule has 1 unspecified atom stereocenters. The van der Waals surface area contributed by atoms with Gasteiger partial charge in [0.15, 0.2) is 5.13 Å². The lowest BCUT2D eigenvalue weighted by molar-refractivity contribution is -0.121. The van der Waals surface area contributed by atoms with Crippen LogP contribution in [-0.4, -0.2) is 36.6 Å². The highest BCUT2D eigenvalue weighted by atomic mass is 32.1. The molecule has 0 spiro atoms. The first-order valence-electron chi connectivity index (χ1n) is 5.59. The summed E-state index contributed by atoms with van der Waals surface area (Å²) >= 11 is 1.18. The van der Waals surface area contributed by atoms with E-state index < -0.39 is 12.0 Å². The van der Waals surface area contributed by atoms with E-state index in [0.717, 1.165) is 0 Å². The van der Waals surface area contributed by atoms with Crippen molar-refractivity contribution in [1.29, 1.82) is 0 Å². The Balaban J connectivity index is 2.74. The van der Waals surface area contributed by atoms with Gasteiger partial charge in [-0.25, -0.2) is 9.78 Å². The molecular weight excluding hydrogens is 254 g/mol. The van der Waals surface area contributed by atoms with Crippen molar-refractivity contribution < 1.29 is 14.3 Å². The van der Waals surface area contributed by atoms with Crippen LogP contribution < -0.4 is 10.6 Å². The van der Waals surface area contributed by atoms with Crippen LogP contribution in [0.15, 0.2) is 0 Å². The number of hydrogen-bond donors (Lipinski definition) is 2. The lowest BCUT2D eigenvalue weighted by Crippen LogP contribution is -2.37. The minimum absolute atomic E-state index is 0.107. The Labute approximate surface area is 110 Å². The molecule has 1 heterocycles. The van der Waals surface area contributed by atoms with Crippen LogP contribution in [0, 0.1) is 6.92 Å². The summed E-state index contributed by atoms with van der Waals surface area (Å²) in [5.74, 6) is -0.520. The number of carbonyl (C=O) groups is 2. The smallest absolute Gasteiger partial charge is 0.350 e. The summed E-state index contributed by atoms with van der Waals surface area (Å²) in [6.45, 7) is 5.90. The fourth-order valence-electron chi connectivity index (χ4n) is 1.32. The van der Waals surface area contributed by atoms with E-state index in [1.54, 1.807) is 13.8 Å². The first-order valence-corrected chi connectivity index (χ1v) is 6.41. The summed E-state index contributed by atoms with van der Waals surface area (Å²) in [7, 11) is 1.33. The second-order valence-corrected chi connectivity index (χ2v) is 4.68. The molecule has 1 aromatic heterocycles. The SMILES string of the molecule is CCNC(=O)C(C)Nc1nc(C)c(C(=O)OC)s1. The zero-order valence-corrected chi connectivity index (χ0v) is 11.7. The Morgan fingerprint density at radius 3 is 2.72 bits per heavy atom. The second kappa shape index (κ2) is 6.34. The summed E-state index contributed by atoms with van der Waals surface area (Å²) in [5.41, 5.74) is 0.595. The van der Waals surface area contributed by atoms with Crippen molar-refractivity contribution in [2.75, 3.05) is 19.0 Å². The van der Waals surface area contributed by atoms with Crippen LogP contribution in [-0.2, 0) is 9.53 Å². The summed E-state index contributed by atoms with van der Waals surface area (Å²) in [6, 6.07) is -0.402. The topological polar surface area (TPSA) is 80.3 Å². The summed E-state index contributed by atoms with van der Waals surface area (Å²) in [6.07, 6.45) is 0. The Morgan fingerprint density at radius 2 is 2.17 bits per heavy atom. The minimum Gasteiger partial charge on any atom is -0.465 e. The van der Waals surface area contributed by atoms with E-state index in [1.165, 1.54) is 18.4 Å². The van der Waals surface area contributed by atoms with Crippen LogP contribution in [0.5, 0.6) is 0 Å². The van der Waals surface area contributed by atoms with Gasteiger partial charge in [-0.2, -0.15) is 0 Å². The number of esters is 1. The highest BCUT2D eigenvalue weighted by molar-refractivity contribution is 7.17. The van der Waals surface area contributed by atoms with Crippen molar-refractivity contribution in [2.45, 2.75) is 26.8 Å². The summed E-state index contributed by atoms with van der Waals surface area (Å²) in [4.78, 5) is 27.6. The number of ether oxygens (including phenoxy) is 1. The van der Waals surface area contributed by atoms with Gasteiger partial charge in [0.25, 0.3) is 0 Å². The van der Waals surface area contributed by atoms with Gasteiger partial charge in [0.1, 0.15) is 10.9 Å². The lowest BCUT2D eigenvalue weighted by atomic mass is 10.3. The number of rotatable bonds is 5. The molecule has 0 bridgehead atoms. The van der Waals surface area contributed by atoms with E-state index in [-0.39, 0.29) is 5.91 Å². The molecule has 6 nitrogen and oxygen atoms in total. The van der Waals surface area contributed by atoms with Gasteiger partial charge in [0, 0.05) is 6.54 Å². The number of nitrogens with one attached hydrogen (secondary N) is 2. The number of methoxy groups -OCH3 is 1. The minimum atomic E-state index is -0.413. The van der Waals surface area contributed by atoms with Gasteiger partial charge >= 0.3 is 5.97 Å². The Bertz CT molecular complexity index is 445. The van der Waals surface area contributed by atoms with Gasteiger partial charge in [-0.3, -0.25) is 4.79 Å². The number of hydrogen-bond acceptors (Lipinski definition) is 6. The Hall–Kier alpha value is -1.63. The third-order valence-corrected chi connectivity index (χ3v) is 3.32. The quantitative estimate of drug-likeness (QED) is 0.786. The van der Waals surface area contributed by atoms with Crippen molar-refractivity contribution in [1.82, 2.24) is 10.3 Å². The third-order valence-electron chi connectivity index (χ3n) is 2.25. The number of likely N-dealkylation sites (N-methyl/N-ethyl adjacent to an activating group) is 1. The maximum atomic E-state index is 11.5. The van der Waals surface area contributed by atoms with Crippen molar-refractivity contribution in [3.63, 3.8) is 0 Å². The van der Waals surface area contributed by atoms with Crippen LogP contribution in [0.3, 0.4) is 0 Å². The Morgan fingerprint density at radius 1 is 1.50 bits per heavy atom. The van der Waals surface area contributed by atoms with Gasteiger partial charge in [0.05, 0.1) is 12.8 Å². The van der Waals surface area contributed by atoms with E-state index in [2.05, 4.69) is 20.4 Å². The molecule has 1 atom stereocenters. The fraction of sp³-hybridized carbons (Fsp3) is 0.545. The maximum Gasteiger partial charge on any atom is 0.350 e. The normalized spacial score (nSPS) is 11.8. The molecule has 100 valence electrons. The first-order chi connectivity index (χ1) is 8.49. The molecule has 0 aliphatic carbocycles. The number of carbonyl (C=O) groups excluding carboxylic acids is 2. The Kier molecular flexibility index (Phi) is 5.08. The molecule has 0 aliphatic heterocycles. The molecule has 2 N–H and O–H groups in total. The second-order valence-electron chi connectivity index (χ2n) is 3.69. The maximum absolute atomic E-state index is 11.5. The van der Waals surface area contributed by atoms with Crippen LogP contribution >= 0.6 is 11.3 Å². The van der Waals surface area contributed by atoms with Crippen molar-refractivity contribution >= 4 is 28.3 Å². The summed E-state index contributed by atoms with van der Waals surface area (Å²) in [5, 5.41) is 6.19. The molecule has 0 fully saturated rings. The van der Waals surface area contributed by atoms with Gasteiger partial charge in [-0.15, -0.1) is 0 Å². The molecule has 18 heavy (non-hydrogen) atoms. The molecular formula is C11H17N3O3S. The van der Waals surface area contributed by atoms with Gasteiger partial charge in [0.2, 0.25) is 5.91 Å². The molecule has 0 saturated carbocycles. The number of thiazole rings is 1. The van der Waals surface area contributed by atoms with E-state index in [1.807, 2.05) is 6.92 Å². The zero-order valence-electron chi connectivity index (χ0n) is 10.9. The predicted molar refractivity (Wildman–Crippen MR) is 70.0 cm³/mol. The number of aromatic nitrogens is 1. The standard InChI is InChI=1S/C11H17N3O3S/c1-5-12-9(15)7(3)14-11-13-6(2)8(18-11)10(16)17-4/h7H,5H2,1-4H3,(H,12,15)(H,13,14). The molecule has 7 heteroatoms. The monoisotopic (exact) mass is 271 g/mol. The van der Waals surface area contributed by atoms with Gasteiger partial charge in [-0.05, 0) is 20.8 Å². The van der Waals surface area contributed by atoms with E-state index in [4.69, 9.17) is 0 Å². The van der Waals surface area contributed by atoms with Crippen molar-refractivity contribution in [2.24, 2.45) is 0 Å². The number of aryl methyl sites for hydroxylation is 1. The van der Waals surface area contributed by atoms with Crippen LogP contribution in [0.1, 0.15) is 29.2 Å². The van der Waals surface area contributed by atoms with E-state index in [0.29, 0.717) is 22.2 Å². The molecule has 0 aliphatic rings. The highest BCUT2D eigenvalue weighted by Crippen LogP contribution is 2.23.